The van der Waals surface area contributed by atoms with Crippen molar-refractivity contribution in [2.75, 3.05) is 19.7 Å². The average molecular weight is 347 g/mol. The highest BCUT2D eigenvalue weighted by Crippen LogP contribution is 2.21. The maximum Gasteiger partial charge on any atom is 0.220 e. The van der Waals surface area contributed by atoms with Crippen LogP contribution in [-0.2, 0) is 4.79 Å². The molecule has 0 aromatic heterocycles. The molecule has 1 aromatic rings. The van der Waals surface area contributed by atoms with Gasteiger partial charge in [0, 0.05) is 17.5 Å². The smallest absolute Gasteiger partial charge is 0.220 e. The van der Waals surface area contributed by atoms with Gasteiger partial charge in [-0.25, -0.2) is 0 Å². The molecule has 0 aliphatic carbocycles. The van der Waals surface area contributed by atoms with E-state index < -0.39 is 0 Å². The van der Waals surface area contributed by atoms with E-state index in [1.807, 2.05) is 25.1 Å². The SMILES string of the molecule is Cc1cc(OCCCC(=O)NC2CCNCC2)ccc1Cl.Cl. The number of aryl methyl sites for hydroxylation is 1. The molecule has 1 aliphatic heterocycles. The molecule has 22 heavy (non-hydrogen) atoms. The molecule has 1 aliphatic rings. The maximum atomic E-state index is 11.8. The Bertz CT molecular complexity index is 477. The zero-order valence-electron chi connectivity index (χ0n) is 12.9. The minimum Gasteiger partial charge on any atom is -0.494 e. The second-order valence-electron chi connectivity index (χ2n) is 5.45. The summed E-state index contributed by atoms with van der Waals surface area (Å²) in [5, 5.41) is 7.11. The molecular weight excluding hydrogens is 323 g/mol. The molecule has 6 heteroatoms. The molecule has 1 aromatic carbocycles. The Kier molecular flexibility index (Phi) is 8.61. The molecule has 1 saturated heterocycles. The van der Waals surface area contributed by atoms with Crippen molar-refractivity contribution in [2.45, 2.75) is 38.6 Å². The van der Waals surface area contributed by atoms with E-state index in [2.05, 4.69) is 10.6 Å². The third-order valence-corrected chi connectivity index (χ3v) is 4.07. The molecule has 4 nitrogen and oxygen atoms in total. The summed E-state index contributed by atoms with van der Waals surface area (Å²) in [6, 6.07) is 5.93. The van der Waals surface area contributed by atoms with Gasteiger partial charge in [0.05, 0.1) is 6.61 Å². The number of carbonyl (C=O) groups excluding carboxylic acids is 1. The van der Waals surface area contributed by atoms with Gasteiger partial charge >= 0.3 is 0 Å². The molecule has 124 valence electrons. The summed E-state index contributed by atoms with van der Waals surface area (Å²) in [5.74, 6) is 0.924. The van der Waals surface area contributed by atoms with Gasteiger partial charge in [-0.2, -0.15) is 0 Å². The maximum absolute atomic E-state index is 11.8. The van der Waals surface area contributed by atoms with E-state index in [9.17, 15) is 4.79 Å². The molecule has 1 heterocycles. The van der Waals surface area contributed by atoms with Gasteiger partial charge in [-0.3, -0.25) is 4.79 Å². The number of ether oxygens (including phenoxy) is 1. The molecule has 0 bridgehead atoms. The minimum atomic E-state index is 0. The van der Waals surface area contributed by atoms with Crippen molar-refractivity contribution in [1.29, 1.82) is 0 Å². The Morgan fingerprint density at radius 1 is 1.41 bits per heavy atom. The number of carbonyl (C=O) groups is 1. The van der Waals surface area contributed by atoms with E-state index in [1.54, 1.807) is 0 Å². The van der Waals surface area contributed by atoms with Crippen molar-refractivity contribution in [2.24, 2.45) is 0 Å². The van der Waals surface area contributed by atoms with Crippen molar-refractivity contribution in [3.05, 3.63) is 28.8 Å². The van der Waals surface area contributed by atoms with Crippen LogP contribution in [0.2, 0.25) is 5.02 Å². The summed E-state index contributed by atoms with van der Waals surface area (Å²) >= 11 is 5.96. The molecule has 1 amide bonds. The number of nitrogens with one attached hydrogen (secondary N) is 2. The predicted molar refractivity (Wildman–Crippen MR) is 92.2 cm³/mol. The molecule has 1 fully saturated rings. The fourth-order valence-corrected chi connectivity index (χ4v) is 2.51. The van der Waals surface area contributed by atoms with Gasteiger partial charge < -0.3 is 15.4 Å². The van der Waals surface area contributed by atoms with Gasteiger partial charge in [0.1, 0.15) is 5.75 Å². The van der Waals surface area contributed by atoms with Crippen LogP contribution >= 0.6 is 24.0 Å². The first-order valence-electron chi connectivity index (χ1n) is 7.54. The van der Waals surface area contributed by atoms with Crippen molar-refractivity contribution in [3.63, 3.8) is 0 Å². The fraction of sp³-hybridized carbons (Fsp3) is 0.562. The lowest BCUT2D eigenvalue weighted by Crippen LogP contribution is -2.42. The van der Waals surface area contributed by atoms with Crippen LogP contribution in [0.5, 0.6) is 5.75 Å². The van der Waals surface area contributed by atoms with E-state index in [4.69, 9.17) is 16.3 Å². The van der Waals surface area contributed by atoms with Crippen LogP contribution in [0, 0.1) is 6.92 Å². The van der Waals surface area contributed by atoms with E-state index in [0.717, 1.165) is 48.7 Å². The van der Waals surface area contributed by atoms with Gasteiger partial charge in [-0.1, -0.05) is 11.6 Å². The number of hydrogen-bond donors (Lipinski definition) is 2. The molecule has 0 saturated carbocycles. The highest BCUT2D eigenvalue weighted by Gasteiger charge is 2.14. The summed E-state index contributed by atoms with van der Waals surface area (Å²) in [6.45, 7) is 4.47. The minimum absolute atomic E-state index is 0. The monoisotopic (exact) mass is 346 g/mol. The van der Waals surface area contributed by atoms with Crippen LogP contribution in [0.15, 0.2) is 18.2 Å². The predicted octanol–water partition coefficient (Wildman–Crippen LogP) is 3.10. The Balaban J connectivity index is 0.00000242. The summed E-state index contributed by atoms with van der Waals surface area (Å²) in [5.41, 5.74) is 0.998. The van der Waals surface area contributed by atoms with Crippen molar-refractivity contribution < 1.29 is 9.53 Å². The summed E-state index contributed by atoms with van der Waals surface area (Å²) < 4.78 is 5.63. The van der Waals surface area contributed by atoms with E-state index >= 15 is 0 Å². The lowest BCUT2D eigenvalue weighted by molar-refractivity contribution is -0.122. The zero-order valence-corrected chi connectivity index (χ0v) is 14.4. The number of benzene rings is 1. The normalized spacial score (nSPS) is 15.0. The van der Waals surface area contributed by atoms with Crippen LogP contribution in [-0.4, -0.2) is 31.6 Å². The number of halogens is 2. The molecule has 0 unspecified atom stereocenters. The Morgan fingerprint density at radius 3 is 2.82 bits per heavy atom. The van der Waals surface area contributed by atoms with E-state index in [-0.39, 0.29) is 18.3 Å². The van der Waals surface area contributed by atoms with Crippen LogP contribution < -0.4 is 15.4 Å². The Labute approximate surface area is 143 Å². The van der Waals surface area contributed by atoms with Gasteiger partial charge in [-0.15, -0.1) is 12.4 Å². The number of amides is 1. The number of piperidine rings is 1. The molecular formula is C16H24Cl2N2O2. The lowest BCUT2D eigenvalue weighted by atomic mass is 10.1. The standard InChI is InChI=1S/C16H23ClN2O2.ClH/c1-12-11-14(4-5-15(12)17)21-10-2-3-16(20)19-13-6-8-18-9-7-13;/h4-5,11,13,18H,2-3,6-10H2,1H3,(H,19,20);1H. The van der Waals surface area contributed by atoms with Crippen molar-refractivity contribution in [1.82, 2.24) is 10.6 Å². The highest BCUT2D eigenvalue weighted by molar-refractivity contribution is 6.31. The molecule has 0 radical (unpaired) electrons. The molecule has 2 N–H and O–H groups in total. The van der Waals surface area contributed by atoms with Crippen LogP contribution in [0.25, 0.3) is 0 Å². The van der Waals surface area contributed by atoms with Gasteiger partial charge in [-0.05, 0) is 63.0 Å². The molecule has 2 rings (SSSR count). The quantitative estimate of drug-likeness (QED) is 0.778. The Hall–Kier alpha value is -0.970. The van der Waals surface area contributed by atoms with Crippen molar-refractivity contribution in [3.8, 4) is 5.75 Å². The second-order valence-corrected chi connectivity index (χ2v) is 5.86. The third-order valence-electron chi connectivity index (χ3n) is 3.65. The van der Waals surface area contributed by atoms with Gasteiger partial charge in [0.15, 0.2) is 0 Å². The largest absolute Gasteiger partial charge is 0.494 e. The van der Waals surface area contributed by atoms with E-state index in [1.165, 1.54) is 0 Å². The number of rotatable bonds is 6. The van der Waals surface area contributed by atoms with E-state index in [0.29, 0.717) is 19.1 Å². The van der Waals surface area contributed by atoms with Gasteiger partial charge in [0.2, 0.25) is 5.91 Å². The first-order chi connectivity index (χ1) is 10.1. The lowest BCUT2D eigenvalue weighted by Gasteiger charge is -2.23. The third kappa shape index (κ3) is 6.42. The summed E-state index contributed by atoms with van der Waals surface area (Å²) in [7, 11) is 0. The fourth-order valence-electron chi connectivity index (χ4n) is 2.40. The summed E-state index contributed by atoms with van der Waals surface area (Å²) in [4.78, 5) is 11.8. The van der Waals surface area contributed by atoms with Crippen LogP contribution in [0.3, 0.4) is 0 Å². The first-order valence-corrected chi connectivity index (χ1v) is 7.92. The topological polar surface area (TPSA) is 50.4 Å². The van der Waals surface area contributed by atoms with Crippen LogP contribution in [0.4, 0.5) is 0 Å². The molecule has 0 atom stereocenters. The number of hydrogen-bond acceptors (Lipinski definition) is 3. The molecule has 0 spiro atoms. The van der Waals surface area contributed by atoms with Crippen molar-refractivity contribution >= 4 is 29.9 Å². The Morgan fingerprint density at radius 2 is 2.14 bits per heavy atom. The summed E-state index contributed by atoms with van der Waals surface area (Å²) in [6.07, 6.45) is 3.27. The zero-order chi connectivity index (χ0) is 15.1. The van der Waals surface area contributed by atoms with Gasteiger partial charge in [0.25, 0.3) is 0 Å². The average Bonchev–Trinajstić information content (AvgIpc) is 2.48. The van der Waals surface area contributed by atoms with Crippen LogP contribution in [0.1, 0.15) is 31.2 Å². The first kappa shape index (κ1) is 19.1. The second kappa shape index (κ2) is 9.93. The highest BCUT2D eigenvalue weighted by atomic mass is 35.5.